The van der Waals surface area contributed by atoms with E-state index < -0.39 is 17.3 Å². The number of aryl methyl sites for hydroxylation is 2. The van der Waals surface area contributed by atoms with Crippen LogP contribution in [0.4, 0.5) is 24.8 Å². The van der Waals surface area contributed by atoms with Crippen molar-refractivity contribution in [3.05, 3.63) is 39.8 Å². The van der Waals surface area contributed by atoms with Crippen LogP contribution in [0.25, 0.3) is 0 Å². The van der Waals surface area contributed by atoms with Crippen molar-refractivity contribution in [1.82, 2.24) is 24.4 Å². The van der Waals surface area contributed by atoms with Crippen LogP contribution in [0.5, 0.6) is 0 Å². The fraction of sp³-hybridized carbons (Fsp3) is 0.680. The second-order valence-electron chi connectivity index (χ2n) is 10.8. The number of anilines is 2. The zero-order chi connectivity index (χ0) is 26.1. The van der Waals surface area contributed by atoms with Gasteiger partial charge in [0.1, 0.15) is 23.2 Å². The molecular weight excluding hydrogens is 471 g/mol. The van der Waals surface area contributed by atoms with Crippen LogP contribution in [0.2, 0.25) is 0 Å². The van der Waals surface area contributed by atoms with E-state index in [1.807, 2.05) is 38.8 Å². The first-order valence-corrected chi connectivity index (χ1v) is 12.7. The van der Waals surface area contributed by atoms with Gasteiger partial charge in [-0.05, 0) is 32.7 Å². The Bertz CT molecular complexity index is 1080. The minimum Gasteiger partial charge on any atom is -0.356 e. The van der Waals surface area contributed by atoms with Crippen LogP contribution in [0, 0.1) is 6.92 Å². The molecule has 0 aromatic carbocycles. The normalized spacial score (nSPS) is 17.4. The van der Waals surface area contributed by atoms with Gasteiger partial charge in [0.25, 0.3) is 0 Å². The number of piperazine rings is 1. The van der Waals surface area contributed by atoms with Crippen LogP contribution in [0.3, 0.4) is 0 Å². The van der Waals surface area contributed by atoms with E-state index >= 15 is 0 Å². The number of nitrogens with zero attached hydrogens (tertiary/aromatic N) is 7. The summed E-state index contributed by atoms with van der Waals surface area (Å²) in [5.41, 5.74) is -0.645. The Kier molecular flexibility index (Phi) is 7.59. The summed E-state index contributed by atoms with van der Waals surface area (Å²) in [7, 11) is 0. The lowest BCUT2D eigenvalue weighted by Gasteiger charge is -2.36. The molecule has 0 aliphatic carbocycles. The number of hydrogen-bond acceptors (Lipinski definition) is 7. The van der Waals surface area contributed by atoms with E-state index in [0.29, 0.717) is 25.5 Å². The van der Waals surface area contributed by atoms with Crippen LogP contribution in [-0.2, 0) is 18.1 Å². The zero-order valence-corrected chi connectivity index (χ0v) is 21.6. The largest absolute Gasteiger partial charge is 0.433 e. The lowest BCUT2D eigenvalue weighted by molar-refractivity contribution is -0.141. The van der Waals surface area contributed by atoms with Gasteiger partial charge in [-0.3, -0.25) is 9.47 Å². The second kappa shape index (κ2) is 10.4. The Morgan fingerprint density at radius 1 is 0.889 bits per heavy atom. The summed E-state index contributed by atoms with van der Waals surface area (Å²) in [5.74, 6) is 1.35. The Labute approximate surface area is 210 Å². The van der Waals surface area contributed by atoms with Crippen LogP contribution in [-0.4, -0.2) is 70.2 Å². The van der Waals surface area contributed by atoms with Gasteiger partial charge in [-0.15, -0.1) is 0 Å². The zero-order valence-electron chi connectivity index (χ0n) is 21.6. The van der Waals surface area contributed by atoms with Gasteiger partial charge in [0.15, 0.2) is 0 Å². The maximum Gasteiger partial charge on any atom is 0.433 e. The van der Waals surface area contributed by atoms with Crippen LogP contribution < -0.4 is 15.5 Å². The van der Waals surface area contributed by atoms with Crippen molar-refractivity contribution in [3.63, 3.8) is 0 Å². The Balaban J connectivity index is 1.28. The highest BCUT2D eigenvalue weighted by molar-refractivity contribution is 5.46. The first kappa shape index (κ1) is 26.4. The minimum absolute atomic E-state index is 0.200. The molecular formula is C25H36F3N7O. The summed E-state index contributed by atoms with van der Waals surface area (Å²) < 4.78 is 42.0. The number of hydrogen-bond donors (Lipinski definition) is 0. The first-order valence-electron chi connectivity index (χ1n) is 12.7. The number of alkyl halides is 3. The molecule has 2 aliphatic rings. The van der Waals surface area contributed by atoms with Gasteiger partial charge in [0.2, 0.25) is 0 Å². The van der Waals surface area contributed by atoms with Crippen molar-refractivity contribution in [2.75, 3.05) is 55.6 Å². The molecule has 11 heteroatoms. The van der Waals surface area contributed by atoms with Crippen LogP contribution in [0.1, 0.15) is 57.1 Å². The van der Waals surface area contributed by atoms with E-state index in [1.54, 1.807) is 4.57 Å². The average molecular weight is 508 g/mol. The molecule has 0 unspecified atom stereocenters. The van der Waals surface area contributed by atoms with E-state index in [1.165, 1.54) is 0 Å². The topological polar surface area (TPSA) is 70.4 Å². The van der Waals surface area contributed by atoms with E-state index in [0.717, 1.165) is 69.4 Å². The quantitative estimate of drug-likeness (QED) is 0.532. The predicted molar refractivity (Wildman–Crippen MR) is 134 cm³/mol. The summed E-state index contributed by atoms with van der Waals surface area (Å²) in [6.07, 6.45) is 0.332. The molecule has 2 aromatic heterocycles. The Morgan fingerprint density at radius 2 is 1.56 bits per heavy atom. The molecule has 2 aliphatic heterocycles. The van der Waals surface area contributed by atoms with Gasteiger partial charge in [0.05, 0.1) is 0 Å². The van der Waals surface area contributed by atoms with E-state index in [-0.39, 0.29) is 11.5 Å². The van der Waals surface area contributed by atoms with E-state index in [9.17, 15) is 18.0 Å². The standard InChI is InChI=1S/C25H36F3N7O/c1-18-17-35(23(36)31-21(18)34-10-7-11-34)9-6-5-8-32-12-14-33(15-13-32)20-16-19(25(26,27)28)29-22(30-20)24(2,3)4/h16-17H,5-15H2,1-4H3. The number of aromatic nitrogens is 4. The molecule has 0 radical (unpaired) electrons. The number of rotatable bonds is 7. The molecule has 198 valence electrons. The maximum absolute atomic E-state index is 13.4. The highest BCUT2D eigenvalue weighted by Gasteiger charge is 2.36. The fourth-order valence-electron chi connectivity index (χ4n) is 4.49. The average Bonchev–Trinajstić information content (AvgIpc) is 2.77. The molecule has 0 spiro atoms. The van der Waals surface area contributed by atoms with Gasteiger partial charge < -0.3 is 9.80 Å². The fourth-order valence-corrected chi connectivity index (χ4v) is 4.49. The first-order chi connectivity index (χ1) is 16.9. The van der Waals surface area contributed by atoms with Crippen LogP contribution in [0.15, 0.2) is 17.1 Å². The number of halogens is 3. The van der Waals surface area contributed by atoms with Crippen molar-refractivity contribution in [1.29, 1.82) is 0 Å². The van der Waals surface area contributed by atoms with Gasteiger partial charge in [-0.2, -0.15) is 18.2 Å². The molecule has 2 saturated heterocycles. The summed E-state index contributed by atoms with van der Waals surface area (Å²) in [5, 5.41) is 0. The van der Waals surface area contributed by atoms with Gasteiger partial charge >= 0.3 is 11.9 Å². The molecule has 36 heavy (non-hydrogen) atoms. The Morgan fingerprint density at radius 3 is 2.14 bits per heavy atom. The SMILES string of the molecule is Cc1cn(CCCCN2CCN(c3cc(C(F)(F)F)nc(C(C)(C)C)n3)CC2)c(=O)nc1N1CCC1. The summed E-state index contributed by atoms with van der Waals surface area (Å²) in [4.78, 5) is 31.3. The lowest BCUT2D eigenvalue weighted by Crippen LogP contribution is -2.47. The smallest absolute Gasteiger partial charge is 0.356 e. The third-order valence-electron chi connectivity index (χ3n) is 6.80. The van der Waals surface area contributed by atoms with Crippen molar-refractivity contribution < 1.29 is 13.2 Å². The number of unbranched alkanes of at least 4 members (excludes halogenated alkanes) is 1. The molecule has 2 aromatic rings. The van der Waals surface area contributed by atoms with Crippen LogP contribution >= 0.6 is 0 Å². The molecule has 2 fully saturated rings. The summed E-state index contributed by atoms with van der Waals surface area (Å²) >= 11 is 0. The summed E-state index contributed by atoms with van der Waals surface area (Å²) in [6.45, 7) is 13.6. The molecule has 4 rings (SSSR count). The second-order valence-corrected chi connectivity index (χ2v) is 10.8. The third kappa shape index (κ3) is 6.16. The molecule has 8 nitrogen and oxygen atoms in total. The van der Waals surface area contributed by atoms with Crippen molar-refractivity contribution in [2.45, 2.75) is 65.1 Å². The van der Waals surface area contributed by atoms with Gasteiger partial charge in [0, 0.05) is 69.1 Å². The molecule has 0 bridgehead atoms. The predicted octanol–water partition coefficient (Wildman–Crippen LogP) is 3.47. The monoisotopic (exact) mass is 507 g/mol. The van der Waals surface area contributed by atoms with Gasteiger partial charge in [-0.1, -0.05) is 20.8 Å². The van der Waals surface area contributed by atoms with Gasteiger partial charge in [-0.25, -0.2) is 14.8 Å². The molecule has 0 atom stereocenters. The van der Waals surface area contributed by atoms with E-state index in [4.69, 9.17) is 0 Å². The highest BCUT2D eigenvalue weighted by Crippen LogP contribution is 2.32. The summed E-state index contributed by atoms with van der Waals surface area (Å²) in [6, 6.07) is 1.06. The third-order valence-corrected chi connectivity index (χ3v) is 6.80. The van der Waals surface area contributed by atoms with Crippen molar-refractivity contribution >= 4 is 11.6 Å². The molecule has 0 saturated carbocycles. The van der Waals surface area contributed by atoms with Crippen molar-refractivity contribution in [2.24, 2.45) is 0 Å². The van der Waals surface area contributed by atoms with E-state index in [2.05, 4.69) is 24.8 Å². The minimum atomic E-state index is -4.51. The lowest BCUT2D eigenvalue weighted by atomic mass is 9.95. The molecule has 0 amide bonds. The van der Waals surface area contributed by atoms with Crippen molar-refractivity contribution in [3.8, 4) is 0 Å². The highest BCUT2D eigenvalue weighted by atomic mass is 19.4. The Hall–Kier alpha value is -2.69. The molecule has 4 heterocycles. The molecule has 0 N–H and O–H groups in total. The maximum atomic E-state index is 13.4.